The zero-order chi connectivity index (χ0) is 11.5. The van der Waals surface area contributed by atoms with Gasteiger partial charge in [0.1, 0.15) is 12.4 Å². The SMILES string of the molecule is CC(=O)c1ccc2c(c1)NC(CCN)CO2. The molecule has 1 heterocycles. The van der Waals surface area contributed by atoms with Crippen molar-refractivity contribution in [2.45, 2.75) is 19.4 Å². The van der Waals surface area contributed by atoms with E-state index in [9.17, 15) is 4.79 Å². The number of anilines is 1. The third kappa shape index (κ3) is 2.17. The summed E-state index contributed by atoms with van der Waals surface area (Å²) in [5.74, 6) is 0.865. The normalized spacial score (nSPS) is 18.2. The van der Waals surface area contributed by atoms with Crippen LogP contribution >= 0.6 is 0 Å². The number of rotatable bonds is 3. The van der Waals surface area contributed by atoms with Gasteiger partial charge in [-0.3, -0.25) is 4.79 Å². The van der Waals surface area contributed by atoms with Crippen molar-refractivity contribution >= 4 is 11.5 Å². The third-order valence-corrected chi connectivity index (χ3v) is 2.70. The lowest BCUT2D eigenvalue weighted by atomic mass is 10.1. The molecule has 0 aromatic heterocycles. The van der Waals surface area contributed by atoms with Gasteiger partial charge in [-0.15, -0.1) is 0 Å². The van der Waals surface area contributed by atoms with Crippen LogP contribution in [0.3, 0.4) is 0 Å². The Labute approximate surface area is 94.8 Å². The highest BCUT2D eigenvalue weighted by Crippen LogP contribution is 2.30. The molecule has 0 fully saturated rings. The maximum absolute atomic E-state index is 11.2. The van der Waals surface area contributed by atoms with Crippen molar-refractivity contribution in [1.82, 2.24) is 0 Å². The molecular weight excluding hydrogens is 204 g/mol. The summed E-state index contributed by atoms with van der Waals surface area (Å²) in [7, 11) is 0. The summed E-state index contributed by atoms with van der Waals surface area (Å²) < 4.78 is 5.59. The highest BCUT2D eigenvalue weighted by atomic mass is 16.5. The Morgan fingerprint density at radius 1 is 1.62 bits per heavy atom. The minimum atomic E-state index is 0.0607. The largest absolute Gasteiger partial charge is 0.489 e. The second-order valence-corrected chi connectivity index (χ2v) is 4.00. The number of nitrogens with two attached hydrogens (primary N) is 1. The number of Topliss-reactive ketones (excluding diaryl/α,β-unsaturated/α-hetero) is 1. The van der Waals surface area contributed by atoms with Crippen molar-refractivity contribution in [1.29, 1.82) is 0 Å². The molecule has 4 nitrogen and oxygen atoms in total. The van der Waals surface area contributed by atoms with E-state index >= 15 is 0 Å². The van der Waals surface area contributed by atoms with Crippen LogP contribution in [0.4, 0.5) is 5.69 Å². The number of hydrogen-bond acceptors (Lipinski definition) is 4. The van der Waals surface area contributed by atoms with Crippen LogP contribution in [0.5, 0.6) is 5.75 Å². The van der Waals surface area contributed by atoms with Crippen molar-refractivity contribution < 1.29 is 9.53 Å². The molecular formula is C12H16N2O2. The number of fused-ring (bicyclic) bond motifs is 1. The third-order valence-electron chi connectivity index (χ3n) is 2.70. The lowest BCUT2D eigenvalue weighted by Gasteiger charge is -2.27. The lowest BCUT2D eigenvalue weighted by molar-refractivity contribution is 0.101. The van der Waals surface area contributed by atoms with Gasteiger partial charge in [0, 0.05) is 5.56 Å². The smallest absolute Gasteiger partial charge is 0.159 e. The van der Waals surface area contributed by atoms with Crippen LogP contribution in [-0.4, -0.2) is 25.0 Å². The molecule has 1 aromatic rings. The number of carbonyl (C=O) groups excluding carboxylic acids is 1. The minimum absolute atomic E-state index is 0.0607. The van der Waals surface area contributed by atoms with Gasteiger partial charge < -0.3 is 15.8 Å². The van der Waals surface area contributed by atoms with E-state index in [1.54, 1.807) is 13.0 Å². The molecule has 0 saturated heterocycles. The first-order valence-corrected chi connectivity index (χ1v) is 5.45. The summed E-state index contributed by atoms with van der Waals surface area (Å²) in [5.41, 5.74) is 7.09. The molecule has 1 aliphatic heterocycles. The molecule has 0 amide bonds. The molecule has 1 aromatic carbocycles. The molecule has 0 radical (unpaired) electrons. The van der Waals surface area contributed by atoms with Crippen LogP contribution in [0.1, 0.15) is 23.7 Å². The van der Waals surface area contributed by atoms with Crippen molar-refractivity contribution in [3.63, 3.8) is 0 Å². The average molecular weight is 220 g/mol. The van der Waals surface area contributed by atoms with E-state index in [-0.39, 0.29) is 11.8 Å². The van der Waals surface area contributed by atoms with Crippen molar-refractivity contribution in [2.24, 2.45) is 5.73 Å². The molecule has 2 rings (SSSR count). The van der Waals surface area contributed by atoms with Crippen molar-refractivity contribution in [2.75, 3.05) is 18.5 Å². The van der Waals surface area contributed by atoms with E-state index in [1.165, 1.54) is 0 Å². The fourth-order valence-corrected chi connectivity index (χ4v) is 1.80. The van der Waals surface area contributed by atoms with Gasteiger partial charge >= 0.3 is 0 Å². The van der Waals surface area contributed by atoms with Gasteiger partial charge in [-0.1, -0.05) is 0 Å². The zero-order valence-corrected chi connectivity index (χ0v) is 9.32. The van der Waals surface area contributed by atoms with Gasteiger partial charge in [-0.25, -0.2) is 0 Å². The van der Waals surface area contributed by atoms with Crippen molar-refractivity contribution in [3.8, 4) is 5.75 Å². The van der Waals surface area contributed by atoms with Crippen LogP contribution in [0.2, 0.25) is 0 Å². The quantitative estimate of drug-likeness (QED) is 0.756. The van der Waals surface area contributed by atoms with E-state index in [2.05, 4.69) is 5.32 Å². The van der Waals surface area contributed by atoms with E-state index in [0.717, 1.165) is 17.9 Å². The first-order valence-electron chi connectivity index (χ1n) is 5.45. The number of nitrogens with one attached hydrogen (secondary N) is 1. The summed E-state index contributed by atoms with van der Waals surface area (Å²) in [5, 5.41) is 3.34. The molecule has 3 N–H and O–H groups in total. The molecule has 1 atom stereocenters. The van der Waals surface area contributed by atoms with E-state index in [4.69, 9.17) is 10.5 Å². The molecule has 86 valence electrons. The first-order chi connectivity index (χ1) is 7.70. The summed E-state index contributed by atoms with van der Waals surface area (Å²) >= 11 is 0. The molecule has 16 heavy (non-hydrogen) atoms. The fourth-order valence-electron chi connectivity index (χ4n) is 1.80. The highest BCUT2D eigenvalue weighted by Gasteiger charge is 2.18. The number of ether oxygens (including phenoxy) is 1. The Balaban J connectivity index is 2.21. The predicted octanol–water partition coefficient (Wildman–Crippen LogP) is 1.41. The topological polar surface area (TPSA) is 64.4 Å². The number of benzene rings is 1. The minimum Gasteiger partial charge on any atom is -0.489 e. The molecule has 4 heteroatoms. The Morgan fingerprint density at radius 3 is 3.12 bits per heavy atom. The summed E-state index contributed by atoms with van der Waals surface area (Å²) in [6.07, 6.45) is 0.865. The number of carbonyl (C=O) groups is 1. The van der Waals surface area contributed by atoms with Crippen molar-refractivity contribution in [3.05, 3.63) is 23.8 Å². The van der Waals surface area contributed by atoms with Gasteiger partial charge in [0.2, 0.25) is 0 Å². The maximum Gasteiger partial charge on any atom is 0.159 e. The molecule has 0 spiro atoms. The van der Waals surface area contributed by atoms with Crippen LogP contribution in [0, 0.1) is 0 Å². The molecule has 0 bridgehead atoms. The van der Waals surface area contributed by atoms with E-state index in [1.807, 2.05) is 12.1 Å². The Hall–Kier alpha value is -1.55. The second kappa shape index (κ2) is 4.53. The van der Waals surface area contributed by atoms with Gasteiger partial charge in [0.15, 0.2) is 5.78 Å². The standard InChI is InChI=1S/C12H16N2O2/c1-8(15)9-2-3-12-11(6-9)14-10(4-5-13)7-16-12/h2-3,6,10,14H,4-5,7,13H2,1H3. The number of ketones is 1. The highest BCUT2D eigenvalue weighted by molar-refractivity contribution is 5.95. The molecule has 1 unspecified atom stereocenters. The summed E-state index contributed by atoms with van der Waals surface area (Å²) in [6, 6.07) is 5.68. The monoisotopic (exact) mass is 220 g/mol. The fraction of sp³-hybridized carbons (Fsp3) is 0.417. The molecule has 0 aliphatic carbocycles. The zero-order valence-electron chi connectivity index (χ0n) is 9.32. The van der Waals surface area contributed by atoms with Gasteiger partial charge in [0.05, 0.1) is 11.7 Å². The number of hydrogen-bond donors (Lipinski definition) is 2. The molecule has 1 aliphatic rings. The predicted molar refractivity (Wildman–Crippen MR) is 63.0 cm³/mol. The average Bonchev–Trinajstić information content (AvgIpc) is 2.28. The van der Waals surface area contributed by atoms with Gasteiger partial charge in [-0.2, -0.15) is 0 Å². The Kier molecular flexibility index (Phi) is 3.10. The summed E-state index contributed by atoms with van der Waals surface area (Å²) in [4.78, 5) is 11.2. The van der Waals surface area contributed by atoms with Crippen LogP contribution < -0.4 is 15.8 Å². The second-order valence-electron chi connectivity index (χ2n) is 4.00. The van der Waals surface area contributed by atoms with Crippen LogP contribution in [0.15, 0.2) is 18.2 Å². The Bertz CT molecular complexity index is 404. The first kappa shape index (κ1) is 11.0. The van der Waals surface area contributed by atoms with Crippen LogP contribution in [-0.2, 0) is 0 Å². The Morgan fingerprint density at radius 2 is 2.44 bits per heavy atom. The van der Waals surface area contributed by atoms with Crippen LogP contribution in [0.25, 0.3) is 0 Å². The van der Waals surface area contributed by atoms with E-state index < -0.39 is 0 Å². The molecule has 0 saturated carbocycles. The van der Waals surface area contributed by atoms with Gasteiger partial charge in [-0.05, 0) is 38.1 Å². The lowest BCUT2D eigenvalue weighted by Crippen LogP contribution is -2.33. The summed E-state index contributed by atoms with van der Waals surface area (Å²) in [6.45, 7) is 2.81. The maximum atomic E-state index is 11.2. The van der Waals surface area contributed by atoms with Gasteiger partial charge in [0.25, 0.3) is 0 Å². The van der Waals surface area contributed by atoms with E-state index in [0.29, 0.717) is 18.7 Å².